The Hall–Kier alpha value is -0.992. The van der Waals surface area contributed by atoms with Gasteiger partial charge in [-0.3, -0.25) is 0 Å². The summed E-state index contributed by atoms with van der Waals surface area (Å²) < 4.78 is 0. The molecule has 0 rings (SSSR count). The maximum atomic E-state index is 8.25. The third-order valence-corrected chi connectivity index (χ3v) is 0. The average Bonchev–Trinajstić information content (AvgIpc) is 1.25. The van der Waals surface area contributed by atoms with Crippen LogP contribution in [0.3, 0.4) is 0 Å². The minimum atomic E-state index is -1.75. The molecule has 4 N–H and O–H groups in total. The van der Waals surface area contributed by atoms with Crippen molar-refractivity contribution in [3.05, 3.63) is 42.9 Å². The zero-order valence-electron chi connectivity index (χ0n) is 4.81. The van der Waals surface area contributed by atoms with Gasteiger partial charge in [0.1, 0.15) is 0 Å². The molecule has 0 atom stereocenters. The number of rotatable bonds is 0. The molecule has 0 amide bonds. The van der Waals surface area contributed by atoms with E-state index in [1.807, 2.05) is 0 Å². The Morgan fingerprint density at radius 2 is 0.727 bits per heavy atom. The van der Waals surface area contributed by atoms with E-state index in [9.17, 15) is 0 Å². The molecular weight excluding hydrogens is 347 g/mol. The van der Waals surface area contributed by atoms with Gasteiger partial charge in [-0.15, -0.1) is 0 Å². The number of hydrogen-bond donors (Lipinski definition) is 0. The molecule has 0 spiro atoms. The first-order valence-corrected chi connectivity index (χ1v) is 1.10. The van der Waals surface area contributed by atoms with Crippen LogP contribution in [0.15, 0.2) is 0 Å². The first-order valence-electron chi connectivity index (χ1n) is 1.10. The normalized spacial score (nSPS) is 4.36. The van der Waals surface area contributed by atoms with Crippen LogP contribution in [-0.2, 0) is 21.1 Å². The first kappa shape index (κ1) is 32.4. The molecule has 0 saturated carbocycles. The van der Waals surface area contributed by atoms with Crippen LogP contribution in [0.2, 0.25) is 0 Å². The molecule has 0 bridgehead atoms. The van der Waals surface area contributed by atoms with Crippen LogP contribution in [-0.4, -0.2) is 10.2 Å². The fourth-order valence-corrected chi connectivity index (χ4v) is 0. The summed E-state index contributed by atoms with van der Waals surface area (Å²) in [4.78, 5) is 16.5. The molecule has 72 valence electrons. The number of hydrogen-bond acceptors (Lipinski definition) is 6. The van der Waals surface area contributed by atoms with Crippen molar-refractivity contribution in [1.82, 2.24) is 0 Å². The van der Waals surface area contributed by atoms with Crippen LogP contribution >= 0.6 is 0 Å². The monoisotopic (exact) mass is 351 g/mol. The number of nitrogens with two attached hydrogens (primary N) is 2. The predicted octanol–water partition coefficient (Wildman–Crippen LogP) is 0.953. The van der Waals surface area contributed by atoms with Gasteiger partial charge in [0, 0.05) is 0 Å². The molecule has 0 heterocycles. The quantitative estimate of drug-likeness (QED) is 0.459. The summed E-state index contributed by atoms with van der Waals surface area (Å²) in [5.74, 6) is 0. The second-order valence-electron chi connectivity index (χ2n) is 0.447. The van der Waals surface area contributed by atoms with Gasteiger partial charge in [-0.05, 0) is 0 Å². The van der Waals surface area contributed by atoms with Crippen LogP contribution in [0.4, 0.5) is 0 Å². The molecule has 11 heavy (non-hydrogen) atoms. The first-order chi connectivity index (χ1) is 3.46. The second kappa shape index (κ2) is 23.0. The maximum Gasteiger partial charge on any atom is 2.00 e. The van der Waals surface area contributed by atoms with E-state index >= 15 is 0 Å². The van der Waals surface area contributed by atoms with Gasteiger partial charge in [-0.1, -0.05) is 0 Å². The van der Waals surface area contributed by atoms with Crippen molar-refractivity contribution in [2.75, 3.05) is 0 Å². The van der Waals surface area contributed by atoms with Crippen molar-refractivity contribution >= 4 is 0 Å². The van der Waals surface area contributed by atoms with E-state index in [0.29, 0.717) is 0 Å². The van der Waals surface area contributed by atoms with E-state index in [-0.39, 0.29) is 33.4 Å². The summed E-state index contributed by atoms with van der Waals surface area (Å²) in [7, 11) is 0. The minimum Gasteiger partial charge on any atom is -0.693 e. The van der Waals surface area contributed by atoms with Crippen LogP contribution < -0.4 is 0 Å². The van der Waals surface area contributed by atoms with E-state index in [2.05, 4.69) is 0 Å². The van der Waals surface area contributed by atoms with Gasteiger partial charge in [0.25, 0.3) is 0 Å². The van der Waals surface area contributed by atoms with E-state index in [4.69, 9.17) is 30.6 Å². The van der Waals surface area contributed by atoms with Gasteiger partial charge < -0.3 is 42.9 Å². The smallest absolute Gasteiger partial charge is 0.693 e. The summed E-state index contributed by atoms with van der Waals surface area (Å²) in [6.07, 6.45) is 0. The summed E-state index contributed by atoms with van der Waals surface area (Å²) in [5, 5.41) is 29.5. The van der Waals surface area contributed by atoms with Crippen LogP contribution in [0.25, 0.3) is 12.3 Å². The predicted molar refractivity (Wildman–Crippen MR) is 31.3 cm³/mol. The van der Waals surface area contributed by atoms with Crippen molar-refractivity contribution in [1.29, 1.82) is 0 Å². The molecule has 0 unspecified atom stereocenters. The van der Waals surface area contributed by atoms with Crippen LogP contribution in [0.5, 0.6) is 0 Å². The molecular formula is H4N4O6Pt-2. The molecule has 0 radical (unpaired) electrons. The largest absolute Gasteiger partial charge is 2.00 e. The van der Waals surface area contributed by atoms with Crippen molar-refractivity contribution in [3.63, 3.8) is 0 Å². The fourth-order valence-electron chi connectivity index (χ4n) is 0. The van der Waals surface area contributed by atoms with Crippen LogP contribution in [0.1, 0.15) is 0 Å². The molecule has 11 heteroatoms. The Morgan fingerprint density at radius 3 is 0.727 bits per heavy atom. The summed E-state index contributed by atoms with van der Waals surface area (Å²) in [5.41, 5.74) is 0. The molecule has 0 aromatic rings. The van der Waals surface area contributed by atoms with Gasteiger partial charge in [0.05, 0.1) is 10.2 Å². The van der Waals surface area contributed by atoms with Gasteiger partial charge in [0.15, 0.2) is 0 Å². The molecule has 10 nitrogen and oxygen atoms in total. The van der Waals surface area contributed by atoms with Crippen molar-refractivity contribution in [3.8, 4) is 0 Å². The van der Waals surface area contributed by atoms with Crippen molar-refractivity contribution in [2.24, 2.45) is 0 Å². The van der Waals surface area contributed by atoms with E-state index in [0.717, 1.165) is 0 Å². The van der Waals surface area contributed by atoms with Gasteiger partial charge in [-0.25, -0.2) is 0 Å². The van der Waals surface area contributed by atoms with Gasteiger partial charge >= 0.3 is 21.1 Å². The Kier molecular flexibility index (Phi) is 67.8. The van der Waals surface area contributed by atoms with E-state index < -0.39 is 10.2 Å². The van der Waals surface area contributed by atoms with Crippen molar-refractivity contribution < 1.29 is 31.2 Å². The SMILES string of the molecule is O=[N+]([O-])[O-].O=[N+]([O-])[O-].[NH2-].[NH2-].[Pt+2]. The standard InChI is InChI=1S/2NO3.2H2N.Pt/c2*2-1(3)4;;;/h;;2*1H2;/q4*-1;+2. The molecule has 0 aliphatic heterocycles. The Balaban J connectivity index is -0.0000000171. The Morgan fingerprint density at radius 1 is 0.727 bits per heavy atom. The molecule has 0 aromatic carbocycles. The van der Waals surface area contributed by atoms with E-state index in [1.54, 1.807) is 0 Å². The van der Waals surface area contributed by atoms with Crippen LogP contribution in [0, 0.1) is 30.6 Å². The minimum absolute atomic E-state index is 0. The summed E-state index contributed by atoms with van der Waals surface area (Å²) in [6.45, 7) is 0. The number of nitrogens with zero attached hydrogens (tertiary/aromatic N) is 2. The van der Waals surface area contributed by atoms with Crippen molar-refractivity contribution in [2.45, 2.75) is 0 Å². The molecule has 0 aliphatic rings. The Labute approximate surface area is 74.8 Å². The second-order valence-corrected chi connectivity index (χ2v) is 0.447. The Bertz CT molecular complexity index is 72.6. The van der Waals surface area contributed by atoms with E-state index in [1.165, 1.54) is 0 Å². The summed E-state index contributed by atoms with van der Waals surface area (Å²) >= 11 is 0. The topological polar surface area (TPSA) is 199 Å². The average molecular weight is 351 g/mol. The molecule has 0 aliphatic carbocycles. The third-order valence-electron chi connectivity index (χ3n) is 0. The summed E-state index contributed by atoms with van der Waals surface area (Å²) in [6, 6.07) is 0. The molecule has 0 saturated heterocycles. The zero-order valence-corrected chi connectivity index (χ0v) is 7.09. The third kappa shape index (κ3) is 450. The maximum absolute atomic E-state index is 8.25. The van der Waals surface area contributed by atoms with Gasteiger partial charge in [0.2, 0.25) is 0 Å². The fraction of sp³-hybridized carbons (Fsp3) is 0. The molecule has 0 aromatic heterocycles. The van der Waals surface area contributed by atoms with Gasteiger partial charge in [-0.2, -0.15) is 0 Å². The zero-order chi connectivity index (χ0) is 7.15. The molecule has 0 fully saturated rings.